The second kappa shape index (κ2) is 8.39. The van der Waals surface area contributed by atoms with Crippen molar-refractivity contribution in [1.29, 1.82) is 0 Å². The maximum atomic E-state index is 12.0. The Kier molecular flexibility index (Phi) is 5.37. The minimum absolute atomic E-state index is 0.0433. The quantitative estimate of drug-likeness (QED) is 0.546. The first-order valence-corrected chi connectivity index (χ1v) is 11.2. The summed E-state index contributed by atoms with van der Waals surface area (Å²) in [4.78, 5) is 16.9. The van der Waals surface area contributed by atoms with Crippen molar-refractivity contribution in [3.05, 3.63) is 84.0 Å². The minimum atomic E-state index is -0.669. The average molecular weight is 455 g/mol. The fraction of sp³-hybridized carbons (Fsp3) is 0.231. The third-order valence-electron chi connectivity index (χ3n) is 6.51. The number of nitrogens with two attached hydrogens (primary N) is 2. The van der Waals surface area contributed by atoms with E-state index in [1.54, 1.807) is 10.6 Å². The van der Waals surface area contributed by atoms with Gasteiger partial charge in [-0.05, 0) is 43.4 Å². The van der Waals surface area contributed by atoms with E-state index in [1.807, 2.05) is 43.4 Å². The monoisotopic (exact) mass is 454 g/mol. The molecule has 2 aromatic heterocycles. The smallest absolute Gasteiger partial charge is 0.287 e. The van der Waals surface area contributed by atoms with Crippen LogP contribution in [0.25, 0.3) is 22.5 Å². The number of allylic oxidation sites excluding steroid dienone is 5. The van der Waals surface area contributed by atoms with Gasteiger partial charge in [0.2, 0.25) is 11.7 Å². The van der Waals surface area contributed by atoms with E-state index in [2.05, 4.69) is 28.9 Å². The average Bonchev–Trinajstić information content (AvgIpc) is 3.28. The number of carbonyl (C=O) groups is 1. The normalized spacial score (nSPS) is 16.4. The fourth-order valence-corrected chi connectivity index (χ4v) is 4.47. The molecule has 3 heterocycles. The molecule has 0 saturated heterocycles. The van der Waals surface area contributed by atoms with Gasteiger partial charge in [-0.3, -0.25) is 9.36 Å². The van der Waals surface area contributed by atoms with Crippen molar-refractivity contribution in [2.75, 3.05) is 0 Å². The number of benzene rings is 1. The molecule has 4 N–H and O–H groups in total. The van der Waals surface area contributed by atoms with E-state index in [9.17, 15) is 4.79 Å². The molecule has 34 heavy (non-hydrogen) atoms. The van der Waals surface area contributed by atoms with Crippen LogP contribution in [0.15, 0.2) is 61.2 Å². The molecular formula is C26H26N6O2. The Balaban J connectivity index is 1.69. The lowest BCUT2D eigenvalue weighted by atomic mass is 9.72. The Morgan fingerprint density at radius 1 is 1.24 bits per heavy atom. The topological polar surface area (TPSA) is 122 Å². The summed E-state index contributed by atoms with van der Waals surface area (Å²) >= 11 is 0. The Morgan fingerprint density at radius 2 is 2.00 bits per heavy atom. The maximum Gasteiger partial charge on any atom is 0.287 e. The number of amides is 1. The van der Waals surface area contributed by atoms with Crippen LogP contribution in [-0.2, 0) is 12.1 Å². The third-order valence-corrected chi connectivity index (χ3v) is 6.51. The predicted molar refractivity (Wildman–Crippen MR) is 130 cm³/mol. The summed E-state index contributed by atoms with van der Waals surface area (Å²) in [5, 5.41) is 8.00. The molecule has 5 rings (SSSR count). The van der Waals surface area contributed by atoms with Crippen LogP contribution in [0.1, 0.15) is 53.8 Å². The lowest BCUT2D eigenvalue weighted by Crippen LogP contribution is -2.43. The van der Waals surface area contributed by atoms with Crippen LogP contribution in [0.5, 0.6) is 5.88 Å². The number of aromatic nitrogens is 4. The molecule has 3 aromatic rings. The number of fused-ring (bicyclic) bond motifs is 3. The van der Waals surface area contributed by atoms with Crippen molar-refractivity contribution in [2.24, 2.45) is 11.5 Å². The number of ether oxygens (including phenoxy) is 1. The van der Waals surface area contributed by atoms with E-state index in [-0.39, 0.29) is 18.0 Å². The fourth-order valence-electron chi connectivity index (χ4n) is 4.47. The van der Waals surface area contributed by atoms with E-state index in [4.69, 9.17) is 21.2 Å². The summed E-state index contributed by atoms with van der Waals surface area (Å²) in [6.07, 6.45) is 10.7. The molecule has 1 aliphatic carbocycles. The number of pyridine rings is 1. The molecule has 172 valence electrons. The second-order valence-electron chi connectivity index (χ2n) is 8.56. The van der Waals surface area contributed by atoms with Gasteiger partial charge in [-0.25, -0.2) is 4.98 Å². The highest BCUT2D eigenvalue weighted by Gasteiger charge is 2.34. The van der Waals surface area contributed by atoms with Gasteiger partial charge in [-0.1, -0.05) is 55.1 Å². The minimum Gasteiger partial charge on any atom is -0.468 e. The van der Waals surface area contributed by atoms with E-state index >= 15 is 0 Å². The van der Waals surface area contributed by atoms with E-state index < -0.39 is 5.91 Å². The van der Waals surface area contributed by atoms with Crippen LogP contribution < -0.4 is 16.2 Å². The molecule has 0 radical (unpaired) electrons. The van der Waals surface area contributed by atoms with Gasteiger partial charge in [-0.2, -0.15) is 0 Å². The summed E-state index contributed by atoms with van der Waals surface area (Å²) < 4.78 is 7.51. The van der Waals surface area contributed by atoms with Crippen molar-refractivity contribution in [3.63, 3.8) is 0 Å². The Hall–Kier alpha value is -4.04. The SMILES string of the molecule is C=C/C=C\C(=C/C)c1cc2c(nc1-c1ccc(C3(N)CCC3)cc1)OCc1nnc(C(N)=O)n1-2. The third kappa shape index (κ3) is 3.52. The van der Waals surface area contributed by atoms with Crippen LogP contribution in [0, 0.1) is 0 Å². The van der Waals surface area contributed by atoms with Gasteiger partial charge in [0.05, 0.1) is 5.69 Å². The van der Waals surface area contributed by atoms with Crippen molar-refractivity contribution in [3.8, 4) is 22.8 Å². The molecule has 8 heteroatoms. The first-order chi connectivity index (χ1) is 16.4. The van der Waals surface area contributed by atoms with Crippen LogP contribution in [-0.4, -0.2) is 25.7 Å². The van der Waals surface area contributed by atoms with Crippen molar-refractivity contribution < 1.29 is 9.53 Å². The van der Waals surface area contributed by atoms with Crippen molar-refractivity contribution in [1.82, 2.24) is 19.7 Å². The number of rotatable bonds is 6. The lowest BCUT2D eigenvalue weighted by molar-refractivity contribution is 0.0987. The Bertz CT molecular complexity index is 1350. The highest BCUT2D eigenvalue weighted by Crippen LogP contribution is 2.41. The first-order valence-electron chi connectivity index (χ1n) is 11.2. The van der Waals surface area contributed by atoms with Gasteiger partial charge in [0, 0.05) is 16.7 Å². The molecule has 1 saturated carbocycles. The molecule has 1 aromatic carbocycles. The van der Waals surface area contributed by atoms with Crippen LogP contribution in [0.4, 0.5) is 0 Å². The molecule has 0 unspecified atom stereocenters. The Morgan fingerprint density at radius 3 is 2.62 bits per heavy atom. The number of primary amides is 1. The number of carbonyl (C=O) groups excluding carboxylic acids is 1. The molecule has 0 spiro atoms. The summed E-state index contributed by atoms with van der Waals surface area (Å²) in [5.74, 6) is 0.248. The number of hydrogen-bond acceptors (Lipinski definition) is 6. The molecule has 1 fully saturated rings. The zero-order valence-electron chi connectivity index (χ0n) is 19.0. The molecule has 0 atom stereocenters. The van der Waals surface area contributed by atoms with Gasteiger partial charge in [-0.15, -0.1) is 10.2 Å². The molecule has 8 nitrogen and oxygen atoms in total. The predicted octanol–water partition coefficient (Wildman–Crippen LogP) is 3.80. The van der Waals surface area contributed by atoms with E-state index in [0.29, 0.717) is 17.4 Å². The summed E-state index contributed by atoms with van der Waals surface area (Å²) in [7, 11) is 0. The first kappa shape index (κ1) is 21.8. The van der Waals surface area contributed by atoms with Crippen molar-refractivity contribution in [2.45, 2.75) is 38.3 Å². The van der Waals surface area contributed by atoms with Gasteiger partial charge >= 0.3 is 0 Å². The van der Waals surface area contributed by atoms with Crippen LogP contribution >= 0.6 is 0 Å². The van der Waals surface area contributed by atoms with Gasteiger partial charge in [0.15, 0.2) is 12.4 Å². The molecule has 0 bridgehead atoms. The van der Waals surface area contributed by atoms with Crippen LogP contribution in [0.2, 0.25) is 0 Å². The number of hydrogen-bond donors (Lipinski definition) is 2. The van der Waals surface area contributed by atoms with E-state index in [1.165, 1.54) is 0 Å². The van der Waals surface area contributed by atoms with E-state index in [0.717, 1.165) is 47.2 Å². The van der Waals surface area contributed by atoms with Crippen LogP contribution in [0.3, 0.4) is 0 Å². The highest BCUT2D eigenvalue weighted by atomic mass is 16.5. The largest absolute Gasteiger partial charge is 0.468 e. The zero-order valence-corrected chi connectivity index (χ0v) is 19.0. The molecular weight excluding hydrogens is 428 g/mol. The molecule has 2 aliphatic rings. The maximum absolute atomic E-state index is 12.0. The summed E-state index contributed by atoms with van der Waals surface area (Å²) in [5.41, 5.74) is 17.0. The lowest BCUT2D eigenvalue weighted by Gasteiger charge is -2.38. The highest BCUT2D eigenvalue weighted by molar-refractivity contribution is 5.91. The standard InChI is InChI=1S/C26H26N6O2/c1-3-5-7-16(4-2)19-14-20-25(34-15-21-30-31-24(23(27)33)32(20)21)29-22(19)17-8-10-18(11-9-17)26(28)12-6-13-26/h3-5,7-11,14H,1,6,12-13,15,28H2,2H3,(H2,27,33)/b7-5-,16-4+. The van der Waals surface area contributed by atoms with Crippen molar-refractivity contribution >= 4 is 11.5 Å². The number of nitrogens with zero attached hydrogens (tertiary/aromatic N) is 4. The Labute approximate surface area is 197 Å². The van der Waals surface area contributed by atoms with Gasteiger partial charge in [0.1, 0.15) is 5.69 Å². The zero-order chi connectivity index (χ0) is 23.9. The second-order valence-corrected chi connectivity index (χ2v) is 8.56. The summed E-state index contributed by atoms with van der Waals surface area (Å²) in [6, 6.07) is 10.2. The molecule has 1 aliphatic heterocycles. The molecule has 1 amide bonds. The van der Waals surface area contributed by atoms with Gasteiger partial charge in [0.25, 0.3) is 5.91 Å². The summed E-state index contributed by atoms with van der Waals surface area (Å²) in [6.45, 7) is 5.88. The van der Waals surface area contributed by atoms with Gasteiger partial charge < -0.3 is 16.2 Å².